The summed E-state index contributed by atoms with van der Waals surface area (Å²) in [5, 5.41) is 9.93. The van der Waals surface area contributed by atoms with Gasteiger partial charge in [-0.25, -0.2) is 0 Å². The highest BCUT2D eigenvalue weighted by Gasteiger charge is 2.15. The van der Waals surface area contributed by atoms with Crippen molar-refractivity contribution in [2.75, 3.05) is 0 Å². The Kier molecular flexibility index (Phi) is 9.06. The van der Waals surface area contributed by atoms with Crippen molar-refractivity contribution >= 4 is 0 Å². The van der Waals surface area contributed by atoms with Crippen molar-refractivity contribution in [1.29, 1.82) is 0 Å². The van der Waals surface area contributed by atoms with E-state index in [1.165, 1.54) is 19.3 Å². The molecule has 84 valence electrons. The molecule has 0 aromatic carbocycles. The number of aliphatic hydroxyl groups excluding tert-OH is 1. The van der Waals surface area contributed by atoms with E-state index in [1.54, 1.807) is 0 Å². The Morgan fingerprint density at radius 2 is 1.93 bits per heavy atom. The van der Waals surface area contributed by atoms with Gasteiger partial charge in [0.25, 0.3) is 0 Å². The summed E-state index contributed by atoms with van der Waals surface area (Å²) < 4.78 is 0. The van der Waals surface area contributed by atoms with Gasteiger partial charge >= 0.3 is 0 Å². The van der Waals surface area contributed by atoms with Gasteiger partial charge in [0.1, 0.15) is 0 Å². The van der Waals surface area contributed by atoms with Crippen LogP contribution in [0.5, 0.6) is 0 Å². The van der Waals surface area contributed by atoms with Gasteiger partial charge in [-0.15, -0.1) is 6.58 Å². The smallest absolute Gasteiger partial charge is 0.0568 e. The van der Waals surface area contributed by atoms with Gasteiger partial charge in [0.05, 0.1) is 6.10 Å². The fraction of sp³-hybridized carbons (Fsp3) is 0.846. The van der Waals surface area contributed by atoms with Gasteiger partial charge in [0, 0.05) is 0 Å². The minimum absolute atomic E-state index is 0.0912. The predicted octanol–water partition coefficient (Wildman–Crippen LogP) is 3.92. The number of hydrogen-bond donors (Lipinski definition) is 1. The van der Waals surface area contributed by atoms with Crippen molar-refractivity contribution in [3.05, 3.63) is 12.7 Å². The fourth-order valence-corrected chi connectivity index (χ4v) is 1.84. The highest BCUT2D eigenvalue weighted by molar-refractivity contribution is 4.71. The Morgan fingerprint density at radius 3 is 2.43 bits per heavy atom. The van der Waals surface area contributed by atoms with Crippen LogP contribution >= 0.6 is 0 Å². The molecule has 0 aliphatic heterocycles. The van der Waals surface area contributed by atoms with E-state index >= 15 is 0 Å². The summed E-state index contributed by atoms with van der Waals surface area (Å²) >= 11 is 0. The topological polar surface area (TPSA) is 20.2 Å². The molecule has 1 heteroatoms. The Labute approximate surface area is 89.2 Å². The first kappa shape index (κ1) is 13.7. The third-order valence-electron chi connectivity index (χ3n) is 2.91. The number of hydrogen-bond acceptors (Lipinski definition) is 1. The molecule has 0 radical (unpaired) electrons. The van der Waals surface area contributed by atoms with Crippen LogP contribution in [0.3, 0.4) is 0 Å². The van der Waals surface area contributed by atoms with E-state index in [4.69, 9.17) is 0 Å². The van der Waals surface area contributed by atoms with Crippen LogP contribution in [0.2, 0.25) is 0 Å². The lowest BCUT2D eigenvalue weighted by Crippen LogP contribution is -2.19. The molecule has 0 aromatic rings. The van der Waals surface area contributed by atoms with Crippen LogP contribution in [0, 0.1) is 5.92 Å². The first-order valence-electron chi connectivity index (χ1n) is 6.05. The number of allylic oxidation sites excluding steroid dienone is 1. The lowest BCUT2D eigenvalue weighted by Gasteiger charge is -2.21. The molecule has 2 unspecified atom stereocenters. The summed E-state index contributed by atoms with van der Waals surface area (Å²) in [6, 6.07) is 0. The van der Waals surface area contributed by atoms with Crippen molar-refractivity contribution in [2.24, 2.45) is 5.92 Å². The maximum absolute atomic E-state index is 9.93. The van der Waals surface area contributed by atoms with Crippen LogP contribution in [0.15, 0.2) is 12.7 Å². The van der Waals surface area contributed by atoms with Gasteiger partial charge in [-0.3, -0.25) is 0 Å². The summed E-state index contributed by atoms with van der Waals surface area (Å²) in [6.45, 7) is 8.07. The molecule has 0 saturated carbocycles. The van der Waals surface area contributed by atoms with Gasteiger partial charge in [0.15, 0.2) is 0 Å². The molecule has 0 bridgehead atoms. The van der Waals surface area contributed by atoms with Crippen molar-refractivity contribution in [1.82, 2.24) is 0 Å². The second kappa shape index (κ2) is 9.26. The summed E-state index contributed by atoms with van der Waals surface area (Å²) in [5.41, 5.74) is 0. The molecular formula is C13H26O. The predicted molar refractivity (Wildman–Crippen MR) is 63.4 cm³/mol. The highest BCUT2D eigenvalue weighted by Crippen LogP contribution is 2.20. The van der Waals surface area contributed by atoms with Crippen LogP contribution in [0.4, 0.5) is 0 Å². The van der Waals surface area contributed by atoms with E-state index in [1.807, 2.05) is 6.08 Å². The molecule has 0 fully saturated rings. The lowest BCUT2D eigenvalue weighted by molar-refractivity contribution is 0.0885. The van der Waals surface area contributed by atoms with E-state index in [2.05, 4.69) is 20.4 Å². The molecule has 1 nitrogen and oxygen atoms in total. The minimum atomic E-state index is -0.0912. The molecule has 0 aromatic heterocycles. The highest BCUT2D eigenvalue weighted by atomic mass is 16.3. The average Bonchev–Trinajstić information content (AvgIpc) is 2.19. The first-order valence-corrected chi connectivity index (χ1v) is 6.05. The lowest BCUT2D eigenvalue weighted by atomic mass is 9.90. The molecule has 2 atom stereocenters. The summed E-state index contributed by atoms with van der Waals surface area (Å²) in [6.07, 6.45) is 9.65. The Bertz CT molecular complexity index is 131. The van der Waals surface area contributed by atoms with Gasteiger partial charge < -0.3 is 5.11 Å². The van der Waals surface area contributed by atoms with Crippen LogP contribution in [0.25, 0.3) is 0 Å². The third-order valence-corrected chi connectivity index (χ3v) is 2.91. The Morgan fingerprint density at radius 1 is 1.21 bits per heavy atom. The molecular weight excluding hydrogens is 172 g/mol. The van der Waals surface area contributed by atoms with Crippen LogP contribution in [0.1, 0.15) is 58.8 Å². The Hall–Kier alpha value is -0.300. The third kappa shape index (κ3) is 6.20. The largest absolute Gasteiger partial charge is 0.393 e. The van der Waals surface area contributed by atoms with Gasteiger partial charge in [0.2, 0.25) is 0 Å². The quantitative estimate of drug-likeness (QED) is 0.440. The van der Waals surface area contributed by atoms with Crippen molar-refractivity contribution in [2.45, 2.75) is 64.9 Å². The maximum Gasteiger partial charge on any atom is 0.0568 e. The number of aliphatic hydroxyl groups is 1. The van der Waals surface area contributed by atoms with Gasteiger partial charge in [-0.1, -0.05) is 39.2 Å². The molecule has 0 aliphatic carbocycles. The number of unbranched alkanes of at least 4 members (excludes halogenated alkanes) is 2. The zero-order valence-electron chi connectivity index (χ0n) is 9.84. The molecule has 0 amide bonds. The van der Waals surface area contributed by atoms with Crippen LogP contribution < -0.4 is 0 Å². The molecule has 0 spiro atoms. The first-order chi connectivity index (χ1) is 6.76. The zero-order chi connectivity index (χ0) is 10.8. The molecule has 0 heterocycles. The summed E-state index contributed by atoms with van der Waals surface area (Å²) in [4.78, 5) is 0. The van der Waals surface area contributed by atoms with E-state index in [0.29, 0.717) is 5.92 Å². The van der Waals surface area contributed by atoms with E-state index in [-0.39, 0.29) is 6.10 Å². The monoisotopic (exact) mass is 198 g/mol. The minimum Gasteiger partial charge on any atom is -0.393 e. The summed E-state index contributed by atoms with van der Waals surface area (Å²) in [5.74, 6) is 0.514. The zero-order valence-corrected chi connectivity index (χ0v) is 9.84. The molecule has 0 aliphatic rings. The second-order valence-electron chi connectivity index (χ2n) is 4.10. The van der Waals surface area contributed by atoms with Crippen LogP contribution in [-0.4, -0.2) is 11.2 Å². The summed E-state index contributed by atoms with van der Waals surface area (Å²) in [7, 11) is 0. The standard InChI is InChI=1S/C13H26O/c1-4-7-9-11-13(14)12(6-3)10-8-5-2/h4,12-14H,1,5-11H2,2-3H3. The van der Waals surface area contributed by atoms with Crippen molar-refractivity contribution in [3.63, 3.8) is 0 Å². The Balaban J connectivity index is 3.66. The van der Waals surface area contributed by atoms with Crippen molar-refractivity contribution in [3.8, 4) is 0 Å². The maximum atomic E-state index is 9.93. The molecule has 1 N–H and O–H groups in total. The SMILES string of the molecule is C=CCCCC(O)C(CC)CCCC. The number of rotatable bonds is 9. The van der Waals surface area contributed by atoms with Crippen molar-refractivity contribution < 1.29 is 5.11 Å². The normalized spacial score (nSPS) is 15.1. The van der Waals surface area contributed by atoms with Crippen LogP contribution in [-0.2, 0) is 0 Å². The molecule has 14 heavy (non-hydrogen) atoms. The average molecular weight is 198 g/mol. The van der Waals surface area contributed by atoms with E-state index < -0.39 is 0 Å². The molecule has 0 rings (SSSR count). The van der Waals surface area contributed by atoms with E-state index in [0.717, 1.165) is 25.7 Å². The fourth-order valence-electron chi connectivity index (χ4n) is 1.84. The van der Waals surface area contributed by atoms with Gasteiger partial charge in [-0.05, 0) is 31.6 Å². The van der Waals surface area contributed by atoms with Gasteiger partial charge in [-0.2, -0.15) is 0 Å². The van der Waals surface area contributed by atoms with E-state index in [9.17, 15) is 5.11 Å². The molecule has 0 saturated heterocycles. The second-order valence-corrected chi connectivity index (χ2v) is 4.10.